The number of urea groups is 1. The van der Waals surface area contributed by atoms with Crippen LogP contribution in [0.3, 0.4) is 0 Å². The fraction of sp³-hybridized carbons (Fsp3) is 0.333. The number of amides is 3. The number of rotatable bonds is 4. The molecule has 2 aromatic carbocycles. The van der Waals surface area contributed by atoms with E-state index in [-0.39, 0.29) is 18.5 Å². The number of anilines is 1. The van der Waals surface area contributed by atoms with Gasteiger partial charge in [-0.1, -0.05) is 24.3 Å². The Bertz CT molecular complexity index is 758. The van der Waals surface area contributed by atoms with Crippen LogP contribution in [0, 0.1) is 0 Å². The molecule has 0 atom stereocenters. The van der Waals surface area contributed by atoms with Crippen molar-refractivity contribution in [3.63, 3.8) is 0 Å². The number of hydrogen-bond donors (Lipinski definition) is 3. The van der Waals surface area contributed by atoms with Gasteiger partial charge in [0.05, 0.1) is 6.54 Å². The van der Waals surface area contributed by atoms with Gasteiger partial charge >= 0.3 is 6.03 Å². The van der Waals surface area contributed by atoms with E-state index in [1.165, 1.54) is 16.5 Å². The molecule has 0 radical (unpaired) electrons. The van der Waals surface area contributed by atoms with Crippen LogP contribution in [0.4, 0.5) is 10.5 Å². The molecule has 2 aromatic rings. The molecule has 0 aromatic heterocycles. The summed E-state index contributed by atoms with van der Waals surface area (Å²) in [5.41, 5.74) is 3.65. The third-order valence-corrected chi connectivity index (χ3v) is 3.99. The molecule has 0 fully saturated rings. The Morgan fingerprint density at radius 2 is 1.83 bits per heavy atom. The van der Waals surface area contributed by atoms with Crippen molar-refractivity contribution < 1.29 is 9.59 Å². The molecule has 0 spiro atoms. The van der Waals surface area contributed by atoms with Gasteiger partial charge in [-0.2, -0.15) is 0 Å². The summed E-state index contributed by atoms with van der Waals surface area (Å²) in [5.74, 6) is -0.355. The molecule has 0 bridgehead atoms. The van der Waals surface area contributed by atoms with Gasteiger partial charge in [-0.3, -0.25) is 10.1 Å². The van der Waals surface area contributed by atoms with Crippen LogP contribution in [0.25, 0.3) is 10.8 Å². The Kier molecular flexibility index (Phi) is 4.19. The van der Waals surface area contributed by atoms with Crippen LogP contribution >= 0.6 is 0 Å². The van der Waals surface area contributed by atoms with Gasteiger partial charge in [-0.25, -0.2) is 4.79 Å². The number of imide groups is 1. The lowest BCUT2D eigenvalue weighted by Gasteiger charge is -2.12. The first-order valence-electron chi connectivity index (χ1n) is 7.92. The van der Waals surface area contributed by atoms with Gasteiger partial charge in [0.2, 0.25) is 5.91 Å². The van der Waals surface area contributed by atoms with E-state index in [4.69, 9.17) is 0 Å². The molecule has 3 amide bonds. The third kappa shape index (κ3) is 3.28. The zero-order valence-corrected chi connectivity index (χ0v) is 13.4. The Morgan fingerprint density at radius 1 is 1.09 bits per heavy atom. The second-order valence-corrected chi connectivity index (χ2v) is 6.14. The van der Waals surface area contributed by atoms with Crippen molar-refractivity contribution in [1.82, 2.24) is 10.6 Å². The van der Waals surface area contributed by atoms with E-state index in [1.807, 2.05) is 26.0 Å². The monoisotopic (exact) mass is 311 g/mol. The molecule has 3 rings (SSSR count). The number of carbonyl (C=O) groups excluding carboxylic acids is 2. The number of hydrogen-bond acceptors (Lipinski definition) is 3. The molecule has 1 aliphatic rings. The lowest BCUT2D eigenvalue weighted by molar-refractivity contribution is -0.118. The zero-order chi connectivity index (χ0) is 16.4. The molecular weight excluding hydrogens is 290 g/mol. The molecule has 0 heterocycles. The molecule has 0 aliphatic heterocycles. The quantitative estimate of drug-likeness (QED) is 0.813. The molecule has 0 saturated heterocycles. The lowest BCUT2D eigenvalue weighted by atomic mass is 10.0. The van der Waals surface area contributed by atoms with E-state index in [2.05, 4.69) is 34.1 Å². The minimum absolute atomic E-state index is 0.00715. The first-order chi connectivity index (χ1) is 11.0. The van der Waals surface area contributed by atoms with E-state index >= 15 is 0 Å². The van der Waals surface area contributed by atoms with Crippen molar-refractivity contribution in [2.75, 3.05) is 11.9 Å². The van der Waals surface area contributed by atoms with Crippen LogP contribution in [0.1, 0.15) is 25.0 Å². The summed E-state index contributed by atoms with van der Waals surface area (Å²) in [5, 5.41) is 10.5. The molecule has 5 nitrogen and oxygen atoms in total. The van der Waals surface area contributed by atoms with Crippen molar-refractivity contribution in [2.45, 2.75) is 32.7 Å². The van der Waals surface area contributed by atoms with Crippen molar-refractivity contribution >= 4 is 28.4 Å². The minimum Gasteiger partial charge on any atom is -0.376 e. The number of benzene rings is 2. The highest BCUT2D eigenvalue weighted by molar-refractivity contribution is 6.01. The fourth-order valence-corrected chi connectivity index (χ4v) is 3.05. The van der Waals surface area contributed by atoms with Gasteiger partial charge < -0.3 is 10.6 Å². The molecule has 1 aliphatic carbocycles. The summed E-state index contributed by atoms with van der Waals surface area (Å²) >= 11 is 0. The largest absolute Gasteiger partial charge is 0.376 e. The van der Waals surface area contributed by atoms with E-state index in [9.17, 15) is 9.59 Å². The lowest BCUT2D eigenvalue weighted by Crippen LogP contribution is -2.44. The molecule has 3 N–H and O–H groups in total. The summed E-state index contributed by atoms with van der Waals surface area (Å²) in [7, 11) is 0. The minimum atomic E-state index is -0.466. The molecule has 0 saturated carbocycles. The normalized spacial score (nSPS) is 12.5. The highest BCUT2D eigenvalue weighted by atomic mass is 16.2. The summed E-state index contributed by atoms with van der Waals surface area (Å²) < 4.78 is 0. The van der Waals surface area contributed by atoms with E-state index in [1.54, 1.807) is 0 Å². The van der Waals surface area contributed by atoms with Crippen LogP contribution in [0.5, 0.6) is 0 Å². The van der Waals surface area contributed by atoms with E-state index in [0.717, 1.165) is 23.9 Å². The fourth-order valence-electron chi connectivity index (χ4n) is 3.05. The van der Waals surface area contributed by atoms with Crippen molar-refractivity contribution in [2.24, 2.45) is 0 Å². The topological polar surface area (TPSA) is 70.2 Å². The van der Waals surface area contributed by atoms with Gasteiger partial charge in [-0.15, -0.1) is 0 Å². The Hall–Kier alpha value is -2.56. The van der Waals surface area contributed by atoms with Crippen LogP contribution in [-0.2, 0) is 17.6 Å². The highest BCUT2D eigenvalue weighted by Crippen LogP contribution is 2.34. The van der Waals surface area contributed by atoms with E-state index in [0.29, 0.717) is 0 Å². The number of aryl methyl sites for hydroxylation is 2. The molecular formula is C18H21N3O2. The predicted molar refractivity (Wildman–Crippen MR) is 91.7 cm³/mol. The van der Waals surface area contributed by atoms with Gasteiger partial charge in [0.25, 0.3) is 0 Å². The maximum absolute atomic E-state index is 11.9. The van der Waals surface area contributed by atoms with Crippen molar-refractivity contribution in [3.8, 4) is 0 Å². The van der Waals surface area contributed by atoms with Crippen molar-refractivity contribution in [1.29, 1.82) is 0 Å². The number of carbonyl (C=O) groups is 2. The maximum atomic E-state index is 11.9. The first kappa shape index (κ1) is 15.3. The van der Waals surface area contributed by atoms with Gasteiger partial charge in [0.15, 0.2) is 0 Å². The molecule has 5 heteroatoms. The standard InChI is InChI=1S/C18H21N3O2/c1-11(2)20-18(23)21-16(22)10-19-15-9-8-13-7-6-12-4-3-5-14(15)17(12)13/h3-5,8-9,11,19H,6-7,10H2,1-2H3,(H2,20,21,22,23). The maximum Gasteiger partial charge on any atom is 0.321 e. The zero-order valence-electron chi connectivity index (χ0n) is 13.4. The SMILES string of the molecule is CC(C)NC(=O)NC(=O)CNc1ccc2c3c(cccc13)CC2. The smallest absolute Gasteiger partial charge is 0.321 e. The highest BCUT2D eigenvalue weighted by Gasteiger charge is 2.16. The Labute approximate surface area is 135 Å². The molecule has 120 valence electrons. The predicted octanol–water partition coefficient (Wildman–Crippen LogP) is 2.58. The molecule has 0 unspecified atom stereocenters. The van der Waals surface area contributed by atoms with Gasteiger partial charge in [-0.05, 0) is 49.3 Å². The van der Waals surface area contributed by atoms with Crippen LogP contribution in [-0.4, -0.2) is 24.5 Å². The average Bonchev–Trinajstić information content (AvgIpc) is 2.91. The van der Waals surface area contributed by atoms with Crippen molar-refractivity contribution in [3.05, 3.63) is 41.5 Å². The third-order valence-electron chi connectivity index (χ3n) is 3.99. The van der Waals surface area contributed by atoms with Gasteiger partial charge in [0.1, 0.15) is 0 Å². The van der Waals surface area contributed by atoms with E-state index < -0.39 is 6.03 Å². The average molecular weight is 311 g/mol. The molecule has 23 heavy (non-hydrogen) atoms. The van der Waals surface area contributed by atoms with Gasteiger partial charge in [0, 0.05) is 17.1 Å². The van der Waals surface area contributed by atoms with Crippen LogP contribution in [0.2, 0.25) is 0 Å². The summed E-state index contributed by atoms with van der Waals surface area (Å²) in [6.07, 6.45) is 2.15. The first-order valence-corrected chi connectivity index (χ1v) is 7.92. The number of nitrogens with one attached hydrogen (secondary N) is 3. The van der Waals surface area contributed by atoms with Crippen LogP contribution < -0.4 is 16.0 Å². The summed E-state index contributed by atoms with van der Waals surface area (Å²) in [6, 6.07) is 9.93. The second kappa shape index (κ2) is 6.28. The second-order valence-electron chi connectivity index (χ2n) is 6.14. The van der Waals surface area contributed by atoms with Crippen LogP contribution in [0.15, 0.2) is 30.3 Å². The summed E-state index contributed by atoms with van der Waals surface area (Å²) in [6.45, 7) is 3.74. The Balaban J connectivity index is 1.69. The summed E-state index contributed by atoms with van der Waals surface area (Å²) in [4.78, 5) is 23.4. The Morgan fingerprint density at radius 3 is 2.57 bits per heavy atom.